The van der Waals surface area contributed by atoms with E-state index in [4.69, 9.17) is 19.2 Å². The van der Waals surface area contributed by atoms with Gasteiger partial charge in [0.25, 0.3) is 5.56 Å². The highest BCUT2D eigenvalue weighted by Crippen LogP contribution is 2.39. The number of carbonyl (C=O) groups is 1. The van der Waals surface area contributed by atoms with E-state index in [1.165, 1.54) is 29.9 Å². The highest BCUT2D eigenvalue weighted by molar-refractivity contribution is 7.07. The minimum Gasteiger partial charge on any atom is -0.463 e. The molecule has 0 unspecified atom stereocenters. The Labute approximate surface area is 236 Å². The number of aryl methyl sites for hydroxylation is 1. The number of ether oxygens (including phenoxy) is 3. The molecule has 208 valence electrons. The number of anilines is 1. The first-order valence-electron chi connectivity index (χ1n) is 14.0. The molecule has 6 rings (SSSR count). The van der Waals surface area contributed by atoms with E-state index < -0.39 is 12.0 Å². The topological polar surface area (TPSA) is 82.4 Å². The molecule has 0 radical (unpaired) electrons. The van der Waals surface area contributed by atoms with E-state index in [9.17, 15) is 9.59 Å². The van der Waals surface area contributed by atoms with Crippen LogP contribution in [0.2, 0.25) is 0 Å². The van der Waals surface area contributed by atoms with Crippen molar-refractivity contribution in [3.63, 3.8) is 0 Å². The number of nitrogens with zero attached hydrogens (tertiary/aromatic N) is 3. The van der Waals surface area contributed by atoms with Gasteiger partial charge in [-0.05, 0) is 80.1 Å². The number of hydrogen-bond donors (Lipinski definition) is 0. The van der Waals surface area contributed by atoms with Crippen LogP contribution in [0.3, 0.4) is 0 Å². The van der Waals surface area contributed by atoms with E-state index in [1.54, 1.807) is 11.5 Å². The van der Waals surface area contributed by atoms with Crippen LogP contribution in [0.5, 0.6) is 11.5 Å². The van der Waals surface area contributed by atoms with Crippen molar-refractivity contribution in [3.8, 4) is 11.5 Å². The quantitative estimate of drug-likeness (QED) is 0.404. The largest absolute Gasteiger partial charge is 0.463 e. The van der Waals surface area contributed by atoms with Gasteiger partial charge in [-0.25, -0.2) is 9.79 Å². The molecule has 40 heavy (non-hydrogen) atoms. The fourth-order valence-electron chi connectivity index (χ4n) is 5.65. The summed E-state index contributed by atoms with van der Waals surface area (Å²) in [6.07, 6.45) is 5.78. The summed E-state index contributed by atoms with van der Waals surface area (Å²) < 4.78 is 18.8. The molecule has 1 saturated heterocycles. The molecule has 3 aliphatic heterocycles. The first-order valence-corrected chi connectivity index (χ1v) is 14.8. The number of thiazole rings is 1. The van der Waals surface area contributed by atoms with Crippen LogP contribution in [0, 0.1) is 6.92 Å². The van der Waals surface area contributed by atoms with Crippen molar-refractivity contribution >= 4 is 29.1 Å². The molecule has 0 amide bonds. The summed E-state index contributed by atoms with van der Waals surface area (Å²) in [5.74, 6) is 0.769. The second-order valence-electron chi connectivity index (χ2n) is 10.3. The molecule has 8 nitrogen and oxygen atoms in total. The molecule has 1 atom stereocenters. The maximum atomic E-state index is 14.1. The summed E-state index contributed by atoms with van der Waals surface area (Å²) in [5.41, 5.74) is 4.93. The smallest absolute Gasteiger partial charge is 0.338 e. The second-order valence-corrected chi connectivity index (χ2v) is 11.3. The molecule has 1 aromatic heterocycles. The minimum absolute atomic E-state index is 0.138. The summed E-state index contributed by atoms with van der Waals surface area (Å²) in [7, 11) is 0. The average Bonchev–Trinajstić information content (AvgIpc) is 3.70. The maximum Gasteiger partial charge on any atom is 0.338 e. The third-order valence-electron chi connectivity index (χ3n) is 7.62. The molecule has 3 aromatic rings. The summed E-state index contributed by atoms with van der Waals surface area (Å²) in [4.78, 5) is 35.3. The zero-order valence-electron chi connectivity index (χ0n) is 23.1. The predicted molar refractivity (Wildman–Crippen MR) is 155 cm³/mol. The van der Waals surface area contributed by atoms with Crippen molar-refractivity contribution in [2.75, 3.05) is 31.4 Å². The first-order chi connectivity index (χ1) is 19.5. The number of hydrogen-bond acceptors (Lipinski definition) is 8. The fraction of sp³-hybridized carbons (Fsp3) is 0.387. The summed E-state index contributed by atoms with van der Waals surface area (Å²) in [6.45, 7) is 8.44. The van der Waals surface area contributed by atoms with Gasteiger partial charge < -0.3 is 19.1 Å². The molecule has 9 heteroatoms. The normalized spacial score (nSPS) is 18.2. The Bertz CT molecular complexity index is 1680. The van der Waals surface area contributed by atoms with Gasteiger partial charge in [0.1, 0.15) is 0 Å². The van der Waals surface area contributed by atoms with Gasteiger partial charge >= 0.3 is 5.97 Å². The number of fused-ring (bicyclic) bond motifs is 2. The Hall–Kier alpha value is -3.85. The highest BCUT2D eigenvalue weighted by Gasteiger charge is 2.35. The number of aromatic nitrogens is 1. The van der Waals surface area contributed by atoms with Crippen LogP contribution in [0.4, 0.5) is 5.69 Å². The molecule has 0 aliphatic carbocycles. The Morgan fingerprint density at radius 1 is 1.12 bits per heavy atom. The van der Waals surface area contributed by atoms with E-state index in [0.29, 0.717) is 38.5 Å². The average molecular weight is 560 g/mol. The standard InChI is InChI=1S/C31H33N3O5S/c1-4-8-23-27(30(36)37-5-2)28(21-10-12-24-25(16-21)39-18-38-24)34-29(35)26(40-31(34)32-23)17-20-9-11-22(15-19(20)3)33-13-6-7-14-33/h9-12,15-17,28H,4-8,13-14,18H2,1-3H3/b26-17+/t28-/m1/s1. The van der Waals surface area contributed by atoms with Crippen LogP contribution in [0.15, 0.2) is 57.5 Å². The van der Waals surface area contributed by atoms with Crippen LogP contribution in [0.25, 0.3) is 6.08 Å². The number of rotatable bonds is 7. The van der Waals surface area contributed by atoms with Gasteiger partial charge in [0.05, 0.1) is 28.5 Å². The summed E-state index contributed by atoms with van der Waals surface area (Å²) in [6, 6.07) is 11.3. The van der Waals surface area contributed by atoms with Crippen molar-refractivity contribution in [2.45, 2.75) is 52.5 Å². The van der Waals surface area contributed by atoms with E-state index in [-0.39, 0.29) is 19.0 Å². The van der Waals surface area contributed by atoms with Crippen LogP contribution in [-0.4, -0.2) is 37.0 Å². The molecular formula is C31H33N3O5S. The van der Waals surface area contributed by atoms with Gasteiger partial charge in [0.15, 0.2) is 16.3 Å². The van der Waals surface area contributed by atoms with Crippen molar-refractivity contribution in [1.82, 2.24) is 4.57 Å². The van der Waals surface area contributed by atoms with Gasteiger partial charge in [-0.2, -0.15) is 0 Å². The summed E-state index contributed by atoms with van der Waals surface area (Å²) in [5, 5.41) is 0. The number of esters is 1. The fourth-order valence-corrected chi connectivity index (χ4v) is 6.67. The number of carbonyl (C=O) groups excluding carboxylic acids is 1. The van der Waals surface area contributed by atoms with Crippen molar-refractivity contribution in [2.24, 2.45) is 4.99 Å². The molecule has 0 bridgehead atoms. The Kier molecular flexibility index (Phi) is 7.23. The molecule has 4 heterocycles. The van der Waals surface area contributed by atoms with Crippen LogP contribution in [0.1, 0.15) is 62.3 Å². The summed E-state index contributed by atoms with van der Waals surface area (Å²) >= 11 is 1.35. The number of benzene rings is 2. The van der Waals surface area contributed by atoms with E-state index in [2.05, 4.69) is 30.0 Å². The monoisotopic (exact) mass is 559 g/mol. The predicted octanol–water partition coefficient (Wildman–Crippen LogP) is 4.22. The van der Waals surface area contributed by atoms with Gasteiger partial charge in [-0.1, -0.05) is 36.8 Å². The van der Waals surface area contributed by atoms with Crippen LogP contribution >= 0.6 is 11.3 Å². The molecule has 0 spiro atoms. The molecule has 3 aliphatic rings. The lowest BCUT2D eigenvalue weighted by Gasteiger charge is -2.25. The van der Waals surface area contributed by atoms with Gasteiger partial charge in [0.2, 0.25) is 6.79 Å². The molecule has 0 saturated carbocycles. The first kappa shape index (κ1) is 26.4. The maximum absolute atomic E-state index is 14.1. The van der Waals surface area contributed by atoms with E-state index >= 15 is 0 Å². The molecule has 0 N–H and O–H groups in total. The Morgan fingerprint density at radius 2 is 1.93 bits per heavy atom. The van der Waals surface area contributed by atoms with Gasteiger partial charge in [0, 0.05) is 18.8 Å². The lowest BCUT2D eigenvalue weighted by atomic mass is 9.94. The third-order valence-corrected chi connectivity index (χ3v) is 8.60. The van der Waals surface area contributed by atoms with Crippen molar-refractivity contribution < 1.29 is 19.0 Å². The van der Waals surface area contributed by atoms with Crippen LogP contribution in [-0.2, 0) is 9.53 Å². The Balaban J connectivity index is 1.51. The lowest BCUT2D eigenvalue weighted by Crippen LogP contribution is -2.40. The lowest BCUT2D eigenvalue weighted by molar-refractivity contribution is -0.139. The Morgan fingerprint density at radius 3 is 2.67 bits per heavy atom. The molecule has 1 fully saturated rings. The molecule has 2 aromatic carbocycles. The van der Waals surface area contributed by atoms with E-state index in [1.807, 2.05) is 31.2 Å². The zero-order valence-corrected chi connectivity index (χ0v) is 23.9. The van der Waals surface area contributed by atoms with Crippen LogP contribution < -0.4 is 29.3 Å². The van der Waals surface area contributed by atoms with Gasteiger partial charge in [-0.3, -0.25) is 9.36 Å². The SMILES string of the molecule is CCCC1=C(C(=O)OCC)[C@@H](c2ccc3c(c2)OCO3)n2c(s/c(=C/c3ccc(N4CCCC4)cc3C)c2=O)=N1. The molecular weight excluding hydrogens is 526 g/mol. The second kappa shape index (κ2) is 11.0. The minimum atomic E-state index is -0.688. The van der Waals surface area contributed by atoms with Gasteiger partial charge in [-0.15, -0.1) is 0 Å². The van der Waals surface area contributed by atoms with Crippen molar-refractivity contribution in [1.29, 1.82) is 0 Å². The third kappa shape index (κ3) is 4.72. The highest BCUT2D eigenvalue weighted by atomic mass is 32.1. The zero-order chi connectivity index (χ0) is 27.8. The van der Waals surface area contributed by atoms with E-state index in [0.717, 1.165) is 36.2 Å². The number of allylic oxidation sites excluding steroid dienone is 1. The van der Waals surface area contributed by atoms with Crippen molar-refractivity contribution in [3.05, 3.63) is 84.0 Å².